The van der Waals surface area contributed by atoms with Crippen LogP contribution in [-0.4, -0.2) is 16.7 Å². The maximum Gasteiger partial charge on any atom is 0.137 e. The van der Waals surface area contributed by atoms with E-state index in [4.69, 9.17) is 4.74 Å². The monoisotopic (exact) mass is 247 g/mol. The van der Waals surface area contributed by atoms with Gasteiger partial charge in [0.2, 0.25) is 0 Å². The van der Waals surface area contributed by atoms with Crippen LogP contribution in [0.15, 0.2) is 18.5 Å². The molecule has 98 valence electrons. The van der Waals surface area contributed by atoms with Crippen LogP contribution in [0.4, 0.5) is 0 Å². The highest BCUT2D eigenvalue weighted by Crippen LogP contribution is 2.52. The van der Waals surface area contributed by atoms with E-state index in [0.29, 0.717) is 12.5 Å². The molecule has 2 aliphatic carbocycles. The molecule has 0 radical (unpaired) electrons. The van der Waals surface area contributed by atoms with Gasteiger partial charge in [-0.1, -0.05) is 6.42 Å². The second kappa shape index (κ2) is 4.88. The molecule has 0 saturated heterocycles. The van der Waals surface area contributed by atoms with E-state index in [0.717, 1.165) is 23.1 Å². The molecule has 1 aromatic heterocycles. The second-order valence-corrected chi connectivity index (χ2v) is 5.67. The molecule has 18 heavy (non-hydrogen) atoms. The molecule has 1 heterocycles. The maximum absolute atomic E-state index is 10.5. The number of aromatic nitrogens is 1. The highest BCUT2D eigenvalue weighted by atomic mass is 16.5. The number of fused-ring (bicyclic) bond motifs is 2. The Morgan fingerprint density at radius 3 is 2.94 bits per heavy atom. The number of aliphatic hydroxyl groups excluding tert-OH is 1. The van der Waals surface area contributed by atoms with E-state index in [-0.39, 0.29) is 6.10 Å². The largest absolute Gasteiger partial charge is 0.492 e. The van der Waals surface area contributed by atoms with Gasteiger partial charge < -0.3 is 9.84 Å². The Morgan fingerprint density at radius 1 is 1.39 bits per heavy atom. The number of nitrogens with zero attached hydrogens (tertiary/aromatic N) is 1. The van der Waals surface area contributed by atoms with Crippen molar-refractivity contribution in [2.24, 2.45) is 17.8 Å². The van der Waals surface area contributed by atoms with Crippen LogP contribution in [0.25, 0.3) is 0 Å². The second-order valence-electron chi connectivity index (χ2n) is 5.67. The smallest absolute Gasteiger partial charge is 0.137 e. The average Bonchev–Trinajstić information content (AvgIpc) is 3.01. The summed E-state index contributed by atoms with van der Waals surface area (Å²) in [5, 5.41) is 10.5. The van der Waals surface area contributed by atoms with Crippen LogP contribution in [0, 0.1) is 17.8 Å². The van der Waals surface area contributed by atoms with Crippen molar-refractivity contribution < 1.29 is 9.84 Å². The molecule has 4 unspecified atom stereocenters. The number of hydrogen-bond donors (Lipinski definition) is 1. The maximum atomic E-state index is 10.5. The number of pyridine rings is 1. The SMILES string of the molecule is CCOc1cncc(C(O)C2CC3CCC2C3)c1. The third-order valence-corrected chi connectivity index (χ3v) is 4.59. The fourth-order valence-corrected chi connectivity index (χ4v) is 3.77. The normalized spacial score (nSPS) is 31.6. The molecule has 4 atom stereocenters. The first-order valence-electron chi connectivity index (χ1n) is 7.03. The molecule has 0 amide bonds. The predicted molar refractivity (Wildman–Crippen MR) is 69.3 cm³/mol. The summed E-state index contributed by atoms with van der Waals surface area (Å²) in [6.45, 7) is 2.59. The van der Waals surface area contributed by atoms with Crippen molar-refractivity contribution >= 4 is 0 Å². The van der Waals surface area contributed by atoms with Crippen molar-refractivity contribution in [3.63, 3.8) is 0 Å². The Balaban J connectivity index is 1.75. The number of rotatable bonds is 4. The standard InChI is InChI=1S/C15H21NO2/c1-2-18-13-7-12(8-16-9-13)15(17)14-6-10-3-4-11(14)5-10/h7-11,14-15,17H,2-6H2,1H3. The van der Waals surface area contributed by atoms with Gasteiger partial charge in [-0.05, 0) is 50.0 Å². The van der Waals surface area contributed by atoms with E-state index in [1.807, 2.05) is 13.0 Å². The summed E-state index contributed by atoms with van der Waals surface area (Å²) in [7, 11) is 0. The molecular weight excluding hydrogens is 226 g/mol. The zero-order valence-electron chi connectivity index (χ0n) is 10.9. The lowest BCUT2D eigenvalue weighted by atomic mass is 9.82. The topological polar surface area (TPSA) is 42.4 Å². The fraction of sp³-hybridized carbons (Fsp3) is 0.667. The predicted octanol–water partition coefficient (Wildman–Crippen LogP) is 2.95. The molecule has 2 saturated carbocycles. The van der Waals surface area contributed by atoms with Gasteiger partial charge in [0, 0.05) is 11.8 Å². The number of ether oxygens (including phenoxy) is 1. The number of aliphatic hydroxyl groups is 1. The summed E-state index contributed by atoms with van der Waals surface area (Å²) in [6.07, 6.45) is 8.29. The lowest BCUT2D eigenvalue weighted by molar-refractivity contribution is 0.0740. The summed E-state index contributed by atoms with van der Waals surface area (Å²) >= 11 is 0. The quantitative estimate of drug-likeness (QED) is 0.889. The molecule has 2 bridgehead atoms. The van der Waals surface area contributed by atoms with Crippen molar-refractivity contribution in [3.8, 4) is 5.75 Å². The molecule has 0 spiro atoms. The Kier molecular flexibility index (Phi) is 3.25. The Hall–Kier alpha value is -1.09. The molecule has 0 aromatic carbocycles. The first-order valence-corrected chi connectivity index (χ1v) is 7.03. The number of hydrogen-bond acceptors (Lipinski definition) is 3. The molecule has 3 nitrogen and oxygen atoms in total. The average molecular weight is 247 g/mol. The Labute approximate surface area is 108 Å². The fourth-order valence-electron chi connectivity index (χ4n) is 3.77. The van der Waals surface area contributed by atoms with Crippen molar-refractivity contribution in [3.05, 3.63) is 24.0 Å². The molecule has 2 aliphatic rings. The van der Waals surface area contributed by atoms with E-state index in [1.54, 1.807) is 12.4 Å². The van der Waals surface area contributed by atoms with Crippen LogP contribution >= 0.6 is 0 Å². The summed E-state index contributed by atoms with van der Waals surface area (Å²) in [4.78, 5) is 4.17. The Bertz CT molecular complexity index is 421. The van der Waals surface area contributed by atoms with Crippen molar-refractivity contribution in [2.45, 2.75) is 38.7 Å². The van der Waals surface area contributed by atoms with Gasteiger partial charge in [-0.25, -0.2) is 0 Å². The van der Waals surface area contributed by atoms with Crippen LogP contribution in [-0.2, 0) is 0 Å². The van der Waals surface area contributed by atoms with Gasteiger partial charge in [-0.15, -0.1) is 0 Å². The third-order valence-electron chi connectivity index (χ3n) is 4.59. The first-order chi connectivity index (χ1) is 8.78. The zero-order chi connectivity index (χ0) is 12.5. The zero-order valence-corrected chi connectivity index (χ0v) is 10.9. The molecule has 3 heteroatoms. The van der Waals surface area contributed by atoms with Crippen LogP contribution in [0.1, 0.15) is 44.3 Å². The Morgan fingerprint density at radius 2 is 2.28 bits per heavy atom. The minimum Gasteiger partial charge on any atom is -0.492 e. The van der Waals surface area contributed by atoms with E-state index < -0.39 is 0 Å². The highest BCUT2D eigenvalue weighted by Gasteiger charge is 2.43. The molecule has 0 aliphatic heterocycles. The van der Waals surface area contributed by atoms with Crippen LogP contribution < -0.4 is 4.74 Å². The third kappa shape index (κ3) is 2.12. The highest BCUT2D eigenvalue weighted by molar-refractivity contribution is 5.26. The van der Waals surface area contributed by atoms with E-state index in [2.05, 4.69) is 4.98 Å². The van der Waals surface area contributed by atoms with Gasteiger partial charge in [-0.2, -0.15) is 0 Å². The van der Waals surface area contributed by atoms with Crippen molar-refractivity contribution in [1.29, 1.82) is 0 Å². The van der Waals surface area contributed by atoms with Gasteiger partial charge in [-0.3, -0.25) is 4.98 Å². The van der Waals surface area contributed by atoms with Gasteiger partial charge in [0.15, 0.2) is 0 Å². The molecule has 3 rings (SSSR count). The van der Waals surface area contributed by atoms with E-state index in [1.165, 1.54) is 25.7 Å². The summed E-state index contributed by atoms with van der Waals surface area (Å²) < 4.78 is 5.45. The van der Waals surface area contributed by atoms with Gasteiger partial charge in [0.05, 0.1) is 18.9 Å². The molecule has 1 N–H and O–H groups in total. The van der Waals surface area contributed by atoms with Gasteiger partial charge >= 0.3 is 0 Å². The molecule has 1 aromatic rings. The van der Waals surface area contributed by atoms with Crippen LogP contribution in [0.3, 0.4) is 0 Å². The first kappa shape index (κ1) is 12.0. The van der Waals surface area contributed by atoms with Gasteiger partial charge in [0.25, 0.3) is 0 Å². The van der Waals surface area contributed by atoms with Crippen LogP contribution in [0.2, 0.25) is 0 Å². The lowest BCUT2D eigenvalue weighted by Crippen LogP contribution is -2.19. The minimum atomic E-state index is -0.367. The van der Waals surface area contributed by atoms with E-state index >= 15 is 0 Å². The summed E-state index contributed by atoms with van der Waals surface area (Å²) in [5.41, 5.74) is 0.915. The summed E-state index contributed by atoms with van der Waals surface area (Å²) in [6, 6.07) is 1.94. The van der Waals surface area contributed by atoms with Crippen molar-refractivity contribution in [1.82, 2.24) is 4.98 Å². The summed E-state index contributed by atoms with van der Waals surface area (Å²) in [5.74, 6) is 2.78. The van der Waals surface area contributed by atoms with Crippen LogP contribution in [0.5, 0.6) is 5.75 Å². The van der Waals surface area contributed by atoms with Crippen molar-refractivity contribution in [2.75, 3.05) is 6.61 Å². The van der Waals surface area contributed by atoms with E-state index in [9.17, 15) is 5.11 Å². The molecular formula is C15H21NO2. The minimum absolute atomic E-state index is 0.367. The van der Waals surface area contributed by atoms with Gasteiger partial charge in [0.1, 0.15) is 5.75 Å². The molecule has 2 fully saturated rings. The lowest BCUT2D eigenvalue weighted by Gasteiger charge is -2.27.